The number of aromatic nitrogens is 2. The first kappa shape index (κ1) is 15.4. The van der Waals surface area contributed by atoms with Crippen molar-refractivity contribution in [1.29, 1.82) is 0 Å². The van der Waals surface area contributed by atoms with Gasteiger partial charge in [-0.25, -0.2) is 4.98 Å². The summed E-state index contributed by atoms with van der Waals surface area (Å²) in [7, 11) is 4.14. The van der Waals surface area contributed by atoms with Crippen LogP contribution in [0.4, 0.5) is 17.3 Å². The zero-order valence-electron chi connectivity index (χ0n) is 13.8. The van der Waals surface area contributed by atoms with Gasteiger partial charge in [0.25, 0.3) is 0 Å². The van der Waals surface area contributed by atoms with Gasteiger partial charge in [0.2, 0.25) is 5.95 Å². The lowest BCUT2D eigenvalue weighted by molar-refractivity contribution is 0.637. The Morgan fingerprint density at radius 2 is 2.00 bits per heavy atom. The molecular weight excluding hydrogens is 260 g/mol. The van der Waals surface area contributed by atoms with Crippen molar-refractivity contribution in [2.75, 3.05) is 24.3 Å². The number of benzene rings is 1. The van der Waals surface area contributed by atoms with E-state index in [2.05, 4.69) is 72.1 Å². The third kappa shape index (κ3) is 3.78. The molecule has 4 heteroatoms. The Balaban J connectivity index is 2.23. The van der Waals surface area contributed by atoms with Crippen molar-refractivity contribution >= 4 is 17.3 Å². The van der Waals surface area contributed by atoms with E-state index in [0.717, 1.165) is 23.9 Å². The van der Waals surface area contributed by atoms with Crippen LogP contribution in [0, 0.1) is 13.8 Å². The third-order valence-corrected chi connectivity index (χ3v) is 3.60. The smallest absolute Gasteiger partial charge is 0.207 e. The molecule has 0 spiro atoms. The highest BCUT2D eigenvalue weighted by Crippen LogP contribution is 2.25. The lowest BCUT2D eigenvalue weighted by atomic mass is 10.1. The van der Waals surface area contributed by atoms with Crippen LogP contribution in [-0.2, 0) is 6.54 Å². The summed E-state index contributed by atoms with van der Waals surface area (Å²) in [6.07, 6.45) is 4.46. The normalized spacial score (nSPS) is 10.7. The zero-order chi connectivity index (χ0) is 15.4. The zero-order valence-corrected chi connectivity index (χ0v) is 13.8. The number of nitrogens with zero attached hydrogens (tertiary/aromatic N) is 3. The summed E-state index contributed by atoms with van der Waals surface area (Å²) in [5.41, 5.74) is 4.63. The van der Waals surface area contributed by atoms with Gasteiger partial charge in [0, 0.05) is 38.2 Å². The first-order valence-corrected chi connectivity index (χ1v) is 7.60. The fraction of sp³-hybridized carbons (Fsp3) is 0.471. The molecule has 1 heterocycles. The molecule has 0 saturated carbocycles. The predicted octanol–water partition coefficient (Wildman–Crippen LogP) is 4.11. The Labute approximate surface area is 127 Å². The number of anilines is 3. The lowest BCUT2D eigenvalue weighted by Crippen LogP contribution is -2.11. The molecule has 0 amide bonds. The summed E-state index contributed by atoms with van der Waals surface area (Å²) >= 11 is 0. The largest absolute Gasteiger partial charge is 0.377 e. The molecule has 21 heavy (non-hydrogen) atoms. The molecule has 1 aromatic carbocycles. The highest BCUT2D eigenvalue weighted by Gasteiger charge is 2.07. The van der Waals surface area contributed by atoms with Crippen molar-refractivity contribution in [3.05, 3.63) is 35.7 Å². The molecule has 2 rings (SSSR count). The van der Waals surface area contributed by atoms with E-state index in [1.54, 1.807) is 0 Å². The Bertz CT molecular complexity index is 599. The summed E-state index contributed by atoms with van der Waals surface area (Å²) in [5, 5.41) is 3.45. The second kappa shape index (κ2) is 6.66. The number of hydrogen-bond acceptors (Lipinski definition) is 3. The topological polar surface area (TPSA) is 33.1 Å². The summed E-state index contributed by atoms with van der Waals surface area (Å²) in [6, 6.07) is 6.42. The fourth-order valence-corrected chi connectivity index (χ4v) is 2.44. The van der Waals surface area contributed by atoms with E-state index in [0.29, 0.717) is 0 Å². The Morgan fingerprint density at radius 3 is 2.67 bits per heavy atom. The Hall–Kier alpha value is -1.97. The minimum atomic E-state index is 0.925. The van der Waals surface area contributed by atoms with Gasteiger partial charge in [-0.2, -0.15) is 0 Å². The molecule has 0 saturated heterocycles. The van der Waals surface area contributed by atoms with E-state index >= 15 is 0 Å². The fourth-order valence-electron chi connectivity index (χ4n) is 2.44. The summed E-state index contributed by atoms with van der Waals surface area (Å²) in [6.45, 7) is 7.38. The van der Waals surface area contributed by atoms with Crippen molar-refractivity contribution in [1.82, 2.24) is 9.55 Å². The molecule has 0 atom stereocenters. The van der Waals surface area contributed by atoms with Crippen molar-refractivity contribution in [3.63, 3.8) is 0 Å². The van der Waals surface area contributed by atoms with Crippen molar-refractivity contribution in [2.24, 2.45) is 0 Å². The molecule has 0 aliphatic carbocycles. The van der Waals surface area contributed by atoms with E-state index < -0.39 is 0 Å². The second-order valence-corrected chi connectivity index (χ2v) is 5.77. The average Bonchev–Trinajstić information content (AvgIpc) is 2.78. The van der Waals surface area contributed by atoms with Crippen LogP contribution in [0.1, 0.15) is 31.0 Å². The van der Waals surface area contributed by atoms with Gasteiger partial charge in [-0.1, -0.05) is 19.4 Å². The first-order valence-electron chi connectivity index (χ1n) is 7.60. The summed E-state index contributed by atoms with van der Waals surface area (Å²) < 4.78 is 2.20. The van der Waals surface area contributed by atoms with E-state index in [4.69, 9.17) is 0 Å². The number of rotatable bonds is 6. The third-order valence-electron chi connectivity index (χ3n) is 3.60. The number of imidazole rings is 1. The molecule has 0 aliphatic rings. The van der Waals surface area contributed by atoms with Gasteiger partial charge in [-0.05, 0) is 38.0 Å². The standard InChI is InChI=1S/C17H26N4/c1-6-7-10-21-12-14(3)18-17(21)19-15-9-8-13(2)16(11-15)20(4)5/h8-9,11-12H,6-7,10H2,1-5H3,(H,18,19). The predicted molar refractivity (Wildman–Crippen MR) is 90.7 cm³/mol. The van der Waals surface area contributed by atoms with Gasteiger partial charge >= 0.3 is 0 Å². The van der Waals surface area contributed by atoms with E-state index in [9.17, 15) is 0 Å². The van der Waals surface area contributed by atoms with Crippen LogP contribution >= 0.6 is 0 Å². The van der Waals surface area contributed by atoms with Gasteiger partial charge in [-0.3, -0.25) is 0 Å². The number of unbranched alkanes of at least 4 members (excludes halogenated alkanes) is 1. The van der Waals surface area contributed by atoms with Crippen LogP contribution in [-0.4, -0.2) is 23.6 Å². The minimum absolute atomic E-state index is 0.925. The quantitative estimate of drug-likeness (QED) is 0.867. The van der Waals surface area contributed by atoms with E-state index in [-0.39, 0.29) is 0 Å². The maximum Gasteiger partial charge on any atom is 0.207 e. The van der Waals surface area contributed by atoms with Crippen molar-refractivity contribution in [2.45, 2.75) is 40.2 Å². The van der Waals surface area contributed by atoms with Crippen LogP contribution in [0.15, 0.2) is 24.4 Å². The minimum Gasteiger partial charge on any atom is -0.377 e. The molecule has 0 fully saturated rings. The Morgan fingerprint density at radius 1 is 1.24 bits per heavy atom. The molecule has 4 nitrogen and oxygen atoms in total. The van der Waals surface area contributed by atoms with Gasteiger partial charge in [0.1, 0.15) is 0 Å². The van der Waals surface area contributed by atoms with Gasteiger partial charge < -0.3 is 14.8 Å². The van der Waals surface area contributed by atoms with Crippen LogP contribution in [0.3, 0.4) is 0 Å². The van der Waals surface area contributed by atoms with E-state index in [1.165, 1.54) is 24.1 Å². The summed E-state index contributed by atoms with van der Waals surface area (Å²) in [4.78, 5) is 6.73. The van der Waals surface area contributed by atoms with Crippen LogP contribution in [0.25, 0.3) is 0 Å². The maximum atomic E-state index is 4.59. The van der Waals surface area contributed by atoms with Gasteiger partial charge in [-0.15, -0.1) is 0 Å². The van der Waals surface area contributed by atoms with Gasteiger partial charge in [0.05, 0.1) is 5.69 Å². The highest BCUT2D eigenvalue weighted by atomic mass is 15.2. The SMILES string of the molecule is CCCCn1cc(C)nc1Nc1ccc(C)c(N(C)C)c1. The Kier molecular flexibility index (Phi) is 4.89. The molecule has 2 aromatic rings. The molecular formula is C17H26N4. The number of nitrogens with one attached hydrogen (secondary N) is 1. The monoisotopic (exact) mass is 286 g/mol. The number of hydrogen-bond donors (Lipinski definition) is 1. The van der Waals surface area contributed by atoms with Crippen molar-refractivity contribution < 1.29 is 0 Å². The summed E-state index contributed by atoms with van der Waals surface area (Å²) in [5.74, 6) is 0.925. The van der Waals surface area contributed by atoms with Crippen molar-refractivity contribution in [3.8, 4) is 0 Å². The van der Waals surface area contributed by atoms with Gasteiger partial charge in [0.15, 0.2) is 0 Å². The number of aryl methyl sites for hydroxylation is 3. The second-order valence-electron chi connectivity index (χ2n) is 5.77. The molecule has 1 aromatic heterocycles. The molecule has 1 N–H and O–H groups in total. The first-order chi connectivity index (χ1) is 10.0. The highest BCUT2D eigenvalue weighted by molar-refractivity contribution is 5.65. The van der Waals surface area contributed by atoms with Crippen LogP contribution < -0.4 is 10.2 Å². The molecule has 0 radical (unpaired) electrons. The molecule has 0 bridgehead atoms. The maximum absolute atomic E-state index is 4.59. The lowest BCUT2D eigenvalue weighted by Gasteiger charge is -2.17. The van der Waals surface area contributed by atoms with E-state index in [1.807, 2.05) is 6.92 Å². The molecule has 0 unspecified atom stereocenters. The average molecular weight is 286 g/mol. The molecule has 114 valence electrons. The van der Waals surface area contributed by atoms with Crippen LogP contribution in [0.2, 0.25) is 0 Å². The molecule has 0 aliphatic heterocycles. The van der Waals surface area contributed by atoms with Crippen LogP contribution in [0.5, 0.6) is 0 Å².